The number of nitrogens with zero attached hydrogens (tertiary/aromatic N) is 1. The zero-order chi connectivity index (χ0) is 18.0. The number of carbonyl (C=O) groups is 1. The molecule has 2 aromatic rings. The van der Waals surface area contributed by atoms with Crippen LogP contribution in [0.3, 0.4) is 0 Å². The Morgan fingerprint density at radius 2 is 1.50 bits per heavy atom. The summed E-state index contributed by atoms with van der Waals surface area (Å²) in [5, 5.41) is 9.90. The number of fused-ring (bicyclic) bond motifs is 2. The van der Waals surface area contributed by atoms with Crippen LogP contribution in [0, 0.1) is 10.8 Å². The molecule has 26 heavy (non-hydrogen) atoms. The van der Waals surface area contributed by atoms with E-state index in [1.807, 2.05) is 36.4 Å². The van der Waals surface area contributed by atoms with Crippen molar-refractivity contribution < 1.29 is 14.6 Å². The highest BCUT2D eigenvalue weighted by molar-refractivity contribution is 5.68. The molecule has 2 aromatic carbocycles. The third-order valence-electron chi connectivity index (χ3n) is 5.77. The van der Waals surface area contributed by atoms with Crippen LogP contribution in [-0.2, 0) is 17.8 Å². The summed E-state index contributed by atoms with van der Waals surface area (Å²) in [4.78, 5) is 14.4. The minimum absolute atomic E-state index is 0.0636. The SMILES string of the molecule is O=C(OCc1ccccc1)N1CC2(CO)CC(Cc3ccccc3)(C1)C2. The molecule has 2 heterocycles. The Labute approximate surface area is 154 Å². The first-order valence-electron chi connectivity index (χ1n) is 9.23. The van der Waals surface area contributed by atoms with E-state index in [4.69, 9.17) is 4.74 Å². The molecule has 2 aliphatic heterocycles. The summed E-state index contributed by atoms with van der Waals surface area (Å²) >= 11 is 0. The third kappa shape index (κ3) is 3.34. The van der Waals surface area contributed by atoms with Crippen molar-refractivity contribution in [1.29, 1.82) is 0 Å². The molecule has 0 atom stereocenters. The van der Waals surface area contributed by atoms with Crippen LogP contribution in [0.25, 0.3) is 0 Å². The van der Waals surface area contributed by atoms with Gasteiger partial charge in [0.25, 0.3) is 0 Å². The van der Waals surface area contributed by atoms with Crippen molar-refractivity contribution in [2.45, 2.75) is 25.9 Å². The minimum atomic E-state index is -0.275. The zero-order valence-electron chi connectivity index (χ0n) is 14.9. The lowest BCUT2D eigenvalue weighted by molar-refractivity contribution is -0.148. The van der Waals surface area contributed by atoms with E-state index < -0.39 is 0 Å². The van der Waals surface area contributed by atoms with Crippen LogP contribution in [0.5, 0.6) is 0 Å². The number of carbonyl (C=O) groups excluding carboxylic acids is 1. The van der Waals surface area contributed by atoms with Gasteiger partial charge in [-0.05, 0) is 35.8 Å². The average Bonchev–Trinajstić information content (AvgIpc) is 2.66. The molecule has 1 saturated carbocycles. The number of hydrogen-bond donors (Lipinski definition) is 1. The van der Waals surface area contributed by atoms with Gasteiger partial charge >= 0.3 is 6.09 Å². The highest BCUT2D eigenvalue weighted by atomic mass is 16.6. The summed E-state index contributed by atoms with van der Waals surface area (Å²) in [5.74, 6) is 0. The quantitative estimate of drug-likeness (QED) is 0.895. The van der Waals surface area contributed by atoms with Gasteiger partial charge < -0.3 is 14.7 Å². The molecule has 1 aliphatic carbocycles. The molecule has 4 heteroatoms. The number of ether oxygens (including phenoxy) is 1. The van der Waals surface area contributed by atoms with Gasteiger partial charge in [0.05, 0.1) is 6.61 Å². The third-order valence-corrected chi connectivity index (χ3v) is 5.77. The highest BCUT2D eigenvalue weighted by Crippen LogP contribution is 2.60. The van der Waals surface area contributed by atoms with Gasteiger partial charge in [-0.15, -0.1) is 0 Å². The van der Waals surface area contributed by atoms with E-state index in [0.717, 1.165) is 24.8 Å². The summed E-state index contributed by atoms with van der Waals surface area (Å²) in [6.45, 7) is 1.71. The summed E-state index contributed by atoms with van der Waals surface area (Å²) < 4.78 is 5.53. The van der Waals surface area contributed by atoms with Gasteiger partial charge in [-0.3, -0.25) is 0 Å². The molecule has 136 valence electrons. The molecule has 1 N–H and O–H groups in total. The Kier molecular flexibility index (Phi) is 4.45. The molecule has 0 spiro atoms. The Bertz CT molecular complexity index is 753. The molecule has 3 fully saturated rings. The van der Waals surface area contributed by atoms with Crippen LogP contribution in [0.2, 0.25) is 0 Å². The van der Waals surface area contributed by atoms with Crippen molar-refractivity contribution >= 4 is 6.09 Å². The van der Waals surface area contributed by atoms with E-state index in [0.29, 0.717) is 13.1 Å². The predicted molar refractivity (Wildman–Crippen MR) is 99.5 cm³/mol. The molecule has 5 rings (SSSR count). The van der Waals surface area contributed by atoms with E-state index in [2.05, 4.69) is 24.3 Å². The summed E-state index contributed by atoms with van der Waals surface area (Å²) in [6.07, 6.45) is 2.63. The first-order chi connectivity index (χ1) is 12.6. The molecule has 0 radical (unpaired) electrons. The lowest BCUT2D eigenvalue weighted by atomic mass is 9.48. The second kappa shape index (κ2) is 6.76. The molecule has 0 aromatic heterocycles. The van der Waals surface area contributed by atoms with Gasteiger partial charge in [-0.1, -0.05) is 60.7 Å². The van der Waals surface area contributed by atoms with Crippen molar-refractivity contribution in [3.8, 4) is 0 Å². The van der Waals surface area contributed by atoms with Crippen LogP contribution in [0.4, 0.5) is 4.79 Å². The highest BCUT2D eigenvalue weighted by Gasteiger charge is 2.60. The fourth-order valence-corrected chi connectivity index (χ4v) is 4.94. The number of aliphatic hydroxyl groups excluding tert-OH is 1. The Morgan fingerprint density at radius 1 is 0.923 bits per heavy atom. The topological polar surface area (TPSA) is 49.8 Å². The van der Waals surface area contributed by atoms with Crippen molar-refractivity contribution in [2.75, 3.05) is 19.7 Å². The average molecular weight is 351 g/mol. The maximum absolute atomic E-state index is 12.6. The first-order valence-corrected chi connectivity index (χ1v) is 9.23. The summed E-state index contributed by atoms with van der Waals surface area (Å²) in [5.41, 5.74) is 2.19. The smallest absolute Gasteiger partial charge is 0.410 e. The van der Waals surface area contributed by atoms with E-state index in [-0.39, 0.29) is 30.1 Å². The lowest BCUT2D eigenvalue weighted by Crippen LogP contribution is -2.66. The standard InChI is InChI=1S/C22H25NO3/c24-17-22-13-21(14-22,11-18-7-3-1-4-8-18)15-23(16-22)20(25)26-12-19-9-5-2-6-10-19/h1-10,24H,11-17H2. The van der Waals surface area contributed by atoms with Gasteiger partial charge in [0.2, 0.25) is 0 Å². The maximum Gasteiger partial charge on any atom is 0.410 e. The molecule has 4 nitrogen and oxygen atoms in total. The number of amides is 1. The van der Waals surface area contributed by atoms with E-state index in [1.54, 1.807) is 4.90 Å². The van der Waals surface area contributed by atoms with E-state index in [9.17, 15) is 9.90 Å². The minimum Gasteiger partial charge on any atom is -0.445 e. The molecule has 1 amide bonds. The van der Waals surface area contributed by atoms with Gasteiger partial charge in [0.15, 0.2) is 0 Å². The van der Waals surface area contributed by atoms with Crippen molar-refractivity contribution in [1.82, 2.24) is 4.90 Å². The molecular weight excluding hydrogens is 326 g/mol. The monoisotopic (exact) mass is 351 g/mol. The summed E-state index contributed by atoms with van der Waals surface area (Å²) in [7, 11) is 0. The molecule has 2 bridgehead atoms. The maximum atomic E-state index is 12.6. The molecule has 3 aliphatic rings. The second-order valence-electron chi connectivity index (χ2n) is 8.07. The van der Waals surface area contributed by atoms with Gasteiger partial charge in [0, 0.05) is 18.5 Å². The molecule has 0 unspecified atom stereocenters. The normalized spacial score (nSPS) is 26.9. The van der Waals surface area contributed by atoms with Crippen LogP contribution >= 0.6 is 0 Å². The number of piperidine rings is 2. The summed E-state index contributed by atoms with van der Waals surface area (Å²) in [6, 6.07) is 20.1. The Balaban J connectivity index is 1.43. The Morgan fingerprint density at radius 3 is 2.12 bits per heavy atom. The first kappa shape index (κ1) is 17.1. The zero-order valence-corrected chi connectivity index (χ0v) is 14.9. The second-order valence-corrected chi connectivity index (χ2v) is 8.07. The number of aliphatic hydroxyl groups is 1. The largest absolute Gasteiger partial charge is 0.445 e. The number of benzene rings is 2. The number of hydrogen-bond acceptors (Lipinski definition) is 3. The lowest BCUT2D eigenvalue weighted by Gasteiger charge is -2.63. The fourth-order valence-electron chi connectivity index (χ4n) is 4.94. The van der Waals surface area contributed by atoms with Gasteiger partial charge in [-0.2, -0.15) is 0 Å². The molecule has 2 saturated heterocycles. The van der Waals surface area contributed by atoms with Crippen LogP contribution < -0.4 is 0 Å². The van der Waals surface area contributed by atoms with Crippen molar-refractivity contribution in [2.24, 2.45) is 10.8 Å². The van der Waals surface area contributed by atoms with Crippen LogP contribution in [-0.4, -0.2) is 35.8 Å². The van der Waals surface area contributed by atoms with Gasteiger partial charge in [0.1, 0.15) is 6.61 Å². The fraction of sp³-hybridized carbons (Fsp3) is 0.409. The van der Waals surface area contributed by atoms with Crippen molar-refractivity contribution in [3.63, 3.8) is 0 Å². The Hall–Kier alpha value is -2.33. The molecular formula is C22H25NO3. The van der Waals surface area contributed by atoms with Crippen molar-refractivity contribution in [3.05, 3.63) is 71.8 Å². The van der Waals surface area contributed by atoms with Crippen LogP contribution in [0.1, 0.15) is 24.0 Å². The number of rotatable bonds is 5. The van der Waals surface area contributed by atoms with Crippen LogP contribution in [0.15, 0.2) is 60.7 Å². The van der Waals surface area contributed by atoms with E-state index in [1.165, 1.54) is 5.56 Å². The van der Waals surface area contributed by atoms with E-state index >= 15 is 0 Å². The predicted octanol–water partition coefficient (Wildman–Crippen LogP) is 3.64. The van der Waals surface area contributed by atoms with Gasteiger partial charge in [-0.25, -0.2) is 4.79 Å².